The maximum absolute atomic E-state index is 11.1. The highest BCUT2D eigenvalue weighted by molar-refractivity contribution is 6.31. The molecule has 0 aliphatic heterocycles. The summed E-state index contributed by atoms with van der Waals surface area (Å²) >= 11 is 6.34. The SMILES string of the molecule is O=C(O)CCCn1c(-c2ccccc2)c(-c2ccccc2)c2cc(Cl)ccc21. The van der Waals surface area contributed by atoms with Crippen molar-refractivity contribution in [3.05, 3.63) is 83.9 Å². The molecule has 4 rings (SSSR count). The quantitative estimate of drug-likeness (QED) is 0.409. The molecular formula is C24H20ClNO2. The third-order valence-electron chi connectivity index (χ3n) is 4.91. The summed E-state index contributed by atoms with van der Waals surface area (Å²) in [5, 5.41) is 10.8. The minimum absolute atomic E-state index is 0.141. The van der Waals surface area contributed by atoms with Crippen LogP contribution in [0.5, 0.6) is 0 Å². The number of hydrogen-bond donors (Lipinski definition) is 1. The molecule has 1 N–H and O–H groups in total. The molecule has 0 fully saturated rings. The molecule has 0 amide bonds. The highest BCUT2D eigenvalue weighted by Gasteiger charge is 2.20. The predicted molar refractivity (Wildman–Crippen MR) is 115 cm³/mol. The molecule has 0 atom stereocenters. The number of aliphatic carboxylic acids is 1. The number of halogens is 1. The minimum Gasteiger partial charge on any atom is -0.481 e. The van der Waals surface area contributed by atoms with Crippen molar-refractivity contribution in [3.63, 3.8) is 0 Å². The van der Waals surface area contributed by atoms with Gasteiger partial charge in [-0.15, -0.1) is 0 Å². The van der Waals surface area contributed by atoms with E-state index >= 15 is 0 Å². The molecule has 0 bridgehead atoms. The second kappa shape index (κ2) is 7.91. The average molecular weight is 390 g/mol. The van der Waals surface area contributed by atoms with Gasteiger partial charge in [-0.3, -0.25) is 4.79 Å². The number of carboxylic acids is 1. The van der Waals surface area contributed by atoms with E-state index in [9.17, 15) is 4.79 Å². The Morgan fingerprint density at radius 3 is 2.18 bits per heavy atom. The first-order valence-corrected chi connectivity index (χ1v) is 9.67. The summed E-state index contributed by atoms with van der Waals surface area (Å²) < 4.78 is 2.23. The smallest absolute Gasteiger partial charge is 0.303 e. The van der Waals surface area contributed by atoms with Crippen LogP contribution in [0.4, 0.5) is 0 Å². The Hall–Kier alpha value is -3.04. The van der Waals surface area contributed by atoms with Gasteiger partial charge in [-0.05, 0) is 35.7 Å². The zero-order valence-corrected chi connectivity index (χ0v) is 16.1. The van der Waals surface area contributed by atoms with E-state index in [1.807, 2.05) is 54.6 Å². The lowest BCUT2D eigenvalue weighted by Crippen LogP contribution is -2.03. The van der Waals surface area contributed by atoms with Crippen LogP contribution >= 0.6 is 11.6 Å². The highest BCUT2D eigenvalue weighted by atomic mass is 35.5. The normalized spacial score (nSPS) is 11.0. The fourth-order valence-corrected chi connectivity index (χ4v) is 3.91. The number of fused-ring (bicyclic) bond motifs is 1. The minimum atomic E-state index is -0.774. The molecule has 0 radical (unpaired) electrons. The van der Waals surface area contributed by atoms with Gasteiger partial charge in [-0.1, -0.05) is 72.3 Å². The summed E-state index contributed by atoms with van der Waals surface area (Å²) in [7, 11) is 0. The first kappa shape index (κ1) is 18.3. The van der Waals surface area contributed by atoms with Crippen molar-refractivity contribution in [1.82, 2.24) is 4.57 Å². The number of hydrogen-bond acceptors (Lipinski definition) is 1. The molecular weight excluding hydrogens is 370 g/mol. The average Bonchev–Trinajstić information content (AvgIpc) is 3.02. The van der Waals surface area contributed by atoms with Gasteiger partial charge >= 0.3 is 5.97 Å². The summed E-state index contributed by atoms with van der Waals surface area (Å²) in [4.78, 5) is 11.1. The fraction of sp³-hybridized carbons (Fsp3) is 0.125. The number of rotatable bonds is 6. The van der Waals surface area contributed by atoms with E-state index in [0.29, 0.717) is 18.0 Å². The van der Waals surface area contributed by atoms with Crippen LogP contribution in [-0.2, 0) is 11.3 Å². The molecule has 1 heterocycles. The highest BCUT2D eigenvalue weighted by Crippen LogP contribution is 2.41. The van der Waals surface area contributed by atoms with Crippen LogP contribution in [0, 0.1) is 0 Å². The molecule has 4 aromatic rings. The van der Waals surface area contributed by atoms with E-state index in [0.717, 1.165) is 33.3 Å². The van der Waals surface area contributed by atoms with Gasteiger partial charge in [0.1, 0.15) is 0 Å². The Morgan fingerprint density at radius 2 is 1.54 bits per heavy atom. The second-order valence-corrected chi connectivity index (χ2v) is 7.20. The van der Waals surface area contributed by atoms with Gasteiger partial charge in [0.05, 0.1) is 5.69 Å². The Morgan fingerprint density at radius 1 is 0.893 bits per heavy atom. The number of aryl methyl sites for hydroxylation is 1. The van der Waals surface area contributed by atoms with Crippen LogP contribution in [0.2, 0.25) is 5.02 Å². The van der Waals surface area contributed by atoms with E-state index in [2.05, 4.69) is 28.8 Å². The number of nitrogens with zero attached hydrogens (tertiary/aromatic N) is 1. The molecule has 28 heavy (non-hydrogen) atoms. The van der Waals surface area contributed by atoms with Gasteiger partial charge in [0.2, 0.25) is 0 Å². The van der Waals surface area contributed by atoms with Gasteiger partial charge in [0.15, 0.2) is 0 Å². The van der Waals surface area contributed by atoms with Gasteiger partial charge in [0, 0.05) is 34.5 Å². The third-order valence-corrected chi connectivity index (χ3v) is 5.14. The van der Waals surface area contributed by atoms with Crippen LogP contribution in [-0.4, -0.2) is 15.6 Å². The molecule has 3 nitrogen and oxygen atoms in total. The van der Waals surface area contributed by atoms with E-state index in [1.165, 1.54) is 0 Å². The molecule has 0 unspecified atom stereocenters. The van der Waals surface area contributed by atoms with Crippen LogP contribution in [0.15, 0.2) is 78.9 Å². The van der Waals surface area contributed by atoms with Crippen molar-refractivity contribution < 1.29 is 9.90 Å². The van der Waals surface area contributed by atoms with Crippen molar-refractivity contribution in [2.24, 2.45) is 0 Å². The summed E-state index contributed by atoms with van der Waals surface area (Å²) in [6.45, 7) is 0.626. The second-order valence-electron chi connectivity index (χ2n) is 6.77. The molecule has 0 saturated heterocycles. The fourth-order valence-electron chi connectivity index (χ4n) is 3.74. The number of benzene rings is 3. The van der Waals surface area contributed by atoms with Crippen molar-refractivity contribution >= 4 is 28.5 Å². The van der Waals surface area contributed by atoms with E-state index in [4.69, 9.17) is 16.7 Å². The Bertz CT molecular complexity index is 1120. The van der Waals surface area contributed by atoms with E-state index in [-0.39, 0.29) is 6.42 Å². The Kier molecular flexibility index (Phi) is 5.18. The van der Waals surface area contributed by atoms with Gasteiger partial charge in [-0.25, -0.2) is 0 Å². The largest absolute Gasteiger partial charge is 0.481 e. The molecule has 1 aromatic heterocycles. The van der Waals surface area contributed by atoms with Crippen LogP contribution in [0.1, 0.15) is 12.8 Å². The lowest BCUT2D eigenvalue weighted by molar-refractivity contribution is -0.137. The molecule has 0 aliphatic rings. The van der Waals surface area contributed by atoms with Crippen LogP contribution in [0.3, 0.4) is 0 Å². The predicted octanol–water partition coefficient (Wildman–Crippen LogP) is 6.49. The Labute approximate surface area is 168 Å². The maximum atomic E-state index is 11.1. The van der Waals surface area contributed by atoms with Crippen molar-refractivity contribution in [1.29, 1.82) is 0 Å². The van der Waals surface area contributed by atoms with Gasteiger partial charge < -0.3 is 9.67 Å². The first-order valence-electron chi connectivity index (χ1n) is 9.29. The van der Waals surface area contributed by atoms with Gasteiger partial charge in [0.25, 0.3) is 0 Å². The lowest BCUT2D eigenvalue weighted by Gasteiger charge is -2.13. The number of carbonyl (C=O) groups is 1. The maximum Gasteiger partial charge on any atom is 0.303 e. The van der Waals surface area contributed by atoms with Crippen LogP contribution in [0.25, 0.3) is 33.3 Å². The molecule has 0 spiro atoms. The topological polar surface area (TPSA) is 42.2 Å². The van der Waals surface area contributed by atoms with Crippen molar-refractivity contribution in [3.8, 4) is 22.4 Å². The number of aromatic nitrogens is 1. The zero-order valence-electron chi connectivity index (χ0n) is 15.3. The molecule has 140 valence electrons. The summed E-state index contributed by atoms with van der Waals surface area (Å²) in [6, 6.07) is 26.4. The molecule has 0 aliphatic carbocycles. The number of carboxylic acid groups (broad SMARTS) is 1. The summed E-state index contributed by atoms with van der Waals surface area (Å²) in [6.07, 6.45) is 0.706. The van der Waals surface area contributed by atoms with E-state index < -0.39 is 5.97 Å². The zero-order chi connectivity index (χ0) is 19.5. The Balaban J connectivity index is 2.01. The summed E-state index contributed by atoms with van der Waals surface area (Å²) in [5.74, 6) is -0.774. The molecule has 0 saturated carbocycles. The molecule has 4 heteroatoms. The third kappa shape index (κ3) is 3.54. The first-order chi connectivity index (χ1) is 13.6. The van der Waals surface area contributed by atoms with Crippen LogP contribution < -0.4 is 0 Å². The van der Waals surface area contributed by atoms with Crippen molar-refractivity contribution in [2.45, 2.75) is 19.4 Å². The molecule has 3 aromatic carbocycles. The van der Waals surface area contributed by atoms with Crippen molar-refractivity contribution in [2.75, 3.05) is 0 Å². The lowest BCUT2D eigenvalue weighted by atomic mass is 9.98. The summed E-state index contributed by atoms with van der Waals surface area (Å²) in [5.41, 5.74) is 5.50. The van der Waals surface area contributed by atoms with E-state index in [1.54, 1.807) is 0 Å². The monoisotopic (exact) mass is 389 g/mol. The standard InChI is InChI=1S/C24H20ClNO2/c25-19-13-14-21-20(16-19)23(17-8-3-1-4-9-17)24(18-10-5-2-6-11-18)26(21)15-7-12-22(27)28/h1-6,8-11,13-14,16H,7,12,15H2,(H,27,28). The van der Waals surface area contributed by atoms with Gasteiger partial charge in [-0.2, -0.15) is 0 Å².